The SMILES string of the molecule is CCC1CCCCC12CC(N)c1cc(Br)ccc1O2. The molecule has 3 atom stereocenters. The lowest BCUT2D eigenvalue weighted by atomic mass is 9.69. The Morgan fingerprint density at radius 1 is 1.42 bits per heavy atom. The summed E-state index contributed by atoms with van der Waals surface area (Å²) in [6.45, 7) is 2.28. The van der Waals surface area contributed by atoms with E-state index in [9.17, 15) is 0 Å². The van der Waals surface area contributed by atoms with Crippen molar-refractivity contribution in [3.05, 3.63) is 28.2 Å². The molecule has 1 aliphatic heterocycles. The van der Waals surface area contributed by atoms with Gasteiger partial charge in [-0.15, -0.1) is 0 Å². The molecule has 1 heterocycles. The quantitative estimate of drug-likeness (QED) is 0.821. The molecule has 2 aliphatic rings. The number of hydrogen-bond acceptors (Lipinski definition) is 2. The minimum atomic E-state index is -0.00670. The molecule has 19 heavy (non-hydrogen) atoms. The predicted molar refractivity (Wildman–Crippen MR) is 81.3 cm³/mol. The summed E-state index contributed by atoms with van der Waals surface area (Å²) in [4.78, 5) is 0. The van der Waals surface area contributed by atoms with Crippen LogP contribution in [0.2, 0.25) is 0 Å². The lowest BCUT2D eigenvalue weighted by Gasteiger charge is -2.48. The summed E-state index contributed by atoms with van der Waals surface area (Å²) in [5.41, 5.74) is 7.58. The van der Waals surface area contributed by atoms with Crippen LogP contribution in [-0.4, -0.2) is 5.60 Å². The third-order valence-electron chi connectivity index (χ3n) is 4.89. The summed E-state index contributed by atoms with van der Waals surface area (Å²) in [6, 6.07) is 6.33. The average Bonchev–Trinajstić information content (AvgIpc) is 2.40. The number of hydrogen-bond donors (Lipinski definition) is 1. The summed E-state index contributed by atoms with van der Waals surface area (Å²) in [6.07, 6.45) is 7.22. The van der Waals surface area contributed by atoms with Gasteiger partial charge in [-0.3, -0.25) is 0 Å². The molecule has 0 radical (unpaired) electrons. The number of nitrogens with two attached hydrogens (primary N) is 1. The van der Waals surface area contributed by atoms with Gasteiger partial charge < -0.3 is 10.5 Å². The van der Waals surface area contributed by atoms with Gasteiger partial charge in [0.1, 0.15) is 11.4 Å². The summed E-state index contributed by atoms with van der Waals surface area (Å²) in [7, 11) is 0. The van der Waals surface area contributed by atoms with Gasteiger partial charge in [0.05, 0.1) is 0 Å². The molecule has 0 amide bonds. The van der Waals surface area contributed by atoms with Crippen LogP contribution in [0.4, 0.5) is 0 Å². The van der Waals surface area contributed by atoms with E-state index in [-0.39, 0.29) is 11.6 Å². The molecule has 1 saturated carbocycles. The van der Waals surface area contributed by atoms with Gasteiger partial charge in [-0.2, -0.15) is 0 Å². The monoisotopic (exact) mass is 323 g/mol. The summed E-state index contributed by atoms with van der Waals surface area (Å²) in [5.74, 6) is 1.66. The Labute approximate surface area is 123 Å². The van der Waals surface area contributed by atoms with E-state index in [1.165, 1.54) is 25.7 Å². The molecular weight excluding hydrogens is 302 g/mol. The summed E-state index contributed by atoms with van der Waals surface area (Å²) < 4.78 is 7.57. The maximum atomic E-state index is 6.49. The molecule has 1 spiro atoms. The van der Waals surface area contributed by atoms with Crippen molar-refractivity contribution < 1.29 is 4.74 Å². The molecule has 0 saturated heterocycles. The van der Waals surface area contributed by atoms with Crippen LogP contribution < -0.4 is 10.5 Å². The van der Waals surface area contributed by atoms with E-state index in [0.29, 0.717) is 5.92 Å². The van der Waals surface area contributed by atoms with E-state index >= 15 is 0 Å². The fraction of sp³-hybridized carbons (Fsp3) is 0.625. The van der Waals surface area contributed by atoms with Crippen LogP contribution in [0.15, 0.2) is 22.7 Å². The smallest absolute Gasteiger partial charge is 0.125 e. The van der Waals surface area contributed by atoms with E-state index in [2.05, 4.69) is 35.0 Å². The van der Waals surface area contributed by atoms with Gasteiger partial charge in [-0.05, 0) is 49.8 Å². The van der Waals surface area contributed by atoms with Crippen molar-refractivity contribution in [1.82, 2.24) is 0 Å². The third-order valence-corrected chi connectivity index (χ3v) is 5.38. The number of rotatable bonds is 1. The first-order valence-electron chi connectivity index (χ1n) is 7.38. The van der Waals surface area contributed by atoms with Crippen molar-refractivity contribution in [3.8, 4) is 5.75 Å². The minimum Gasteiger partial charge on any atom is -0.487 e. The fourth-order valence-electron chi connectivity index (χ4n) is 3.91. The zero-order valence-electron chi connectivity index (χ0n) is 11.5. The van der Waals surface area contributed by atoms with E-state index in [1.807, 2.05) is 6.07 Å². The van der Waals surface area contributed by atoms with Crippen molar-refractivity contribution in [2.75, 3.05) is 0 Å². The molecule has 104 valence electrons. The average molecular weight is 324 g/mol. The van der Waals surface area contributed by atoms with Gasteiger partial charge in [-0.25, -0.2) is 0 Å². The Morgan fingerprint density at radius 2 is 2.26 bits per heavy atom. The molecule has 3 unspecified atom stereocenters. The minimum absolute atomic E-state index is 0.00670. The largest absolute Gasteiger partial charge is 0.487 e. The molecule has 0 aromatic heterocycles. The number of benzene rings is 1. The number of ether oxygens (including phenoxy) is 1. The van der Waals surface area contributed by atoms with Crippen molar-refractivity contribution >= 4 is 15.9 Å². The number of fused-ring (bicyclic) bond motifs is 1. The highest BCUT2D eigenvalue weighted by atomic mass is 79.9. The van der Waals surface area contributed by atoms with Crippen molar-refractivity contribution in [3.63, 3.8) is 0 Å². The van der Waals surface area contributed by atoms with Gasteiger partial charge >= 0.3 is 0 Å². The van der Waals surface area contributed by atoms with Crippen LogP contribution in [0.5, 0.6) is 5.75 Å². The molecule has 3 rings (SSSR count). The zero-order valence-corrected chi connectivity index (χ0v) is 13.1. The molecule has 0 bridgehead atoms. The Kier molecular flexibility index (Phi) is 3.61. The van der Waals surface area contributed by atoms with Crippen molar-refractivity contribution in [2.45, 2.75) is 57.1 Å². The second kappa shape index (κ2) is 5.10. The maximum Gasteiger partial charge on any atom is 0.125 e. The Hall–Kier alpha value is -0.540. The molecular formula is C16H22BrNO. The second-order valence-corrected chi connectivity index (χ2v) is 6.93. The van der Waals surface area contributed by atoms with Crippen LogP contribution in [-0.2, 0) is 0 Å². The highest BCUT2D eigenvalue weighted by Crippen LogP contribution is 2.49. The highest BCUT2D eigenvalue weighted by molar-refractivity contribution is 9.10. The van der Waals surface area contributed by atoms with Gasteiger partial charge in [0.15, 0.2) is 0 Å². The summed E-state index contributed by atoms with van der Waals surface area (Å²) in [5, 5.41) is 0. The van der Waals surface area contributed by atoms with Crippen molar-refractivity contribution in [2.24, 2.45) is 11.7 Å². The van der Waals surface area contributed by atoms with Gasteiger partial charge in [-0.1, -0.05) is 29.3 Å². The highest BCUT2D eigenvalue weighted by Gasteiger charge is 2.46. The first kappa shape index (κ1) is 13.4. The van der Waals surface area contributed by atoms with E-state index in [1.54, 1.807) is 0 Å². The van der Waals surface area contributed by atoms with E-state index < -0.39 is 0 Å². The molecule has 1 aliphatic carbocycles. The van der Waals surface area contributed by atoms with Crippen LogP contribution in [0.1, 0.15) is 57.1 Å². The Balaban J connectivity index is 1.97. The van der Waals surface area contributed by atoms with Crippen molar-refractivity contribution in [1.29, 1.82) is 0 Å². The van der Waals surface area contributed by atoms with Crippen LogP contribution in [0.3, 0.4) is 0 Å². The molecule has 1 fully saturated rings. The van der Waals surface area contributed by atoms with Gasteiger partial charge in [0.2, 0.25) is 0 Å². The number of halogens is 1. The Morgan fingerprint density at radius 3 is 3.05 bits per heavy atom. The van der Waals surface area contributed by atoms with E-state index in [4.69, 9.17) is 10.5 Å². The predicted octanol–water partition coefficient (Wildman–Crippen LogP) is 4.57. The topological polar surface area (TPSA) is 35.2 Å². The molecule has 2 nitrogen and oxygen atoms in total. The zero-order chi connectivity index (χ0) is 13.5. The Bertz CT molecular complexity index is 476. The fourth-order valence-corrected chi connectivity index (χ4v) is 4.29. The molecule has 1 aromatic rings. The molecule has 2 N–H and O–H groups in total. The first-order chi connectivity index (χ1) is 9.14. The van der Waals surface area contributed by atoms with Crippen LogP contribution in [0.25, 0.3) is 0 Å². The van der Waals surface area contributed by atoms with Crippen LogP contribution in [0, 0.1) is 5.92 Å². The standard InChI is InChI=1S/C16H22BrNO/c1-2-11-5-3-4-8-16(11)10-14(18)13-9-12(17)6-7-15(13)19-16/h6-7,9,11,14H,2-5,8,10,18H2,1H3. The lowest BCUT2D eigenvalue weighted by Crippen LogP contribution is -2.50. The normalized spacial score (nSPS) is 33.8. The van der Waals surface area contributed by atoms with Gasteiger partial charge in [0.25, 0.3) is 0 Å². The first-order valence-corrected chi connectivity index (χ1v) is 8.18. The van der Waals surface area contributed by atoms with Crippen LogP contribution >= 0.6 is 15.9 Å². The van der Waals surface area contributed by atoms with E-state index in [0.717, 1.165) is 28.6 Å². The summed E-state index contributed by atoms with van der Waals surface area (Å²) >= 11 is 3.52. The third kappa shape index (κ3) is 2.31. The second-order valence-electron chi connectivity index (χ2n) is 6.01. The maximum absolute atomic E-state index is 6.49. The lowest BCUT2D eigenvalue weighted by molar-refractivity contribution is -0.0490. The molecule has 1 aromatic carbocycles. The molecule has 3 heteroatoms. The van der Waals surface area contributed by atoms with Gasteiger partial charge in [0, 0.05) is 22.5 Å².